The largest absolute Gasteiger partial charge is 0.468 e. The minimum Gasteiger partial charge on any atom is -0.468 e. The van der Waals surface area contributed by atoms with Gasteiger partial charge >= 0.3 is 0 Å². The normalized spacial score (nSPS) is 21.8. The summed E-state index contributed by atoms with van der Waals surface area (Å²) in [4.78, 5) is 0. The molecule has 2 N–H and O–H groups in total. The average Bonchev–Trinajstić information content (AvgIpc) is 2.05. The van der Waals surface area contributed by atoms with Crippen molar-refractivity contribution in [3.63, 3.8) is 0 Å². The molecular formula is C9H17NOS. The van der Waals surface area contributed by atoms with Gasteiger partial charge in [0.25, 0.3) is 5.17 Å². The van der Waals surface area contributed by atoms with E-state index in [1.165, 1.54) is 32.1 Å². The van der Waals surface area contributed by atoms with E-state index in [1.807, 2.05) is 0 Å². The van der Waals surface area contributed by atoms with Gasteiger partial charge in [-0.3, -0.25) is 0 Å². The monoisotopic (exact) mass is 187 g/mol. The SMILES string of the molecule is CC(OC(N)=S)C1CCCCC1. The molecule has 70 valence electrons. The standard InChI is InChI=1S/C9H17NOS/c1-7(11-9(10)12)8-5-3-2-4-6-8/h7-8H,2-6H2,1H3,(H2,10,12). The summed E-state index contributed by atoms with van der Waals surface area (Å²) in [5.74, 6) is 0.667. The molecule has 0 heterocycles. The molecule has 0 radical (unpaired) electrons. The highest BCUT2D eigenvalue weighted by Gasteiger charge is 2.21. The van der Waals surface area contributed by atoms with Crippen LogP contribution in [-0.4, -0.2) is 11.3 Å². The molecule has 0 aromatic heterocycles. The van der Waals surface area contributed by atoms with E-state index < -0.39 is 0 Å². The van der Waals surface area contributed by atoms with Crippen LogP contribution < -0.4 is 5.73 Å². The van der Waals surface area contributed by atoms with Crippen molar-refractivity contribution in [2.24, 2.45) is 11.7 Å². The zero-order valence-corrected chi connectivity index (χ0v) is 8.40. The van der Waals surface area contributed by atoms with E-state index in [0.717, 1.165) is 0 Å². The van der Waals surface area contributed by atoms with Gasteiger partial charge in [0.2, 0.25) is 0 Å². The topological polar surface area (TPSA) is 35.2 Å². The van der Waals surface area contributed by atoms with Crippen molar-refractivity contribution in [3.8, 4) is 0 Å². The molecule has 1 aliphatic carbocycles. The molecule has 0 amide bonds. The summed E-state index contributed by atoms with van der Waals surface area (Å²) in [5.41, 5.74) is 5.31. The molecule has 0 saturated heterocycles. The Morgan fingerprint density at radius 1 is 1.42 bits per heavy atom. The van der Waals surface area contributed by atoms with Crippen molar-refractivity contribution in [2.45, 2.75) is 45.1 Å². The fourth-order valence-corrected chi connectivity index (χ4v) is 2.03. The summed E-state index contributed by atoms with van der Waals surface area (Å²) >= 11 is 4.70. The van der Waals surface area contributed by atoms with Crippen molar-refractivity contribution >= 4 is 17.4 Å². The molecule has 12 heavy (non-hydrogen) atoms. The van der Waals surface area contributed by atoms with E-state index in [4.69, 9.17) is 22.7 Å². The summed E-state index contributed by atoms with van der Waals surface area (Å²) in [5, 5.41) is 0.188. The number of nitrogens with two attached hydrogens (primary N) is 1. The predicted octanol–water partition coefficient (Wildman–Crippen LogP) is 2.22. The number of ether oxygens (including phenoxy) is 1. The molecule has 1 rings (SSSR count). The Labute approximate surface area is 79.5 Å². The first kappa shape index (κ1) is 9.78. The van der Waals surface area contributed by atoms with Crippen LogP contribution in [0.25, 0.3) is 0 Å². The number of thiocarbonyl (C=S) groups is 1. The third-order valence-electron chi connectivity index (χ3n) is 2.62. The fraction of sp³-hybridized carbons (Fsp3) is 0.889. The molecule has 0 bridgehead atoms. The van der Waals surface area contributed by atoms with Crippen LogP contribution in [0.3, 0.4) is 0 Å². The van der Waals surface area contributed by atoms with Gasteiger partial charge in [-0.05, 0) is 37.9 Å². The lowest BCUT2D eigenvalue weighted by Gasteiger charge is -2.27. The summed E-state index contributed by atoms with van der Waals surface area (Å²) in [7, 11) is 0. The zero-order chi connectivity index (χ0) is 8.97. The van der Waals surface area contributed by atoms with Crippen LogP contribution in [0.15, 0.2) is 0 Å². The van der Waals surface area contributed by atoms with E-state index in [9.17, 15) is 0 Å². The van der Waals surface area contributed by atoms with E-state index >= 15 is 0 Å². The molecule has 1 saturated carbocycles. The highest BCUT2D eigenvalue weighted by Crippen LogP contribution is 2.27. The van der Waals surface area contributed by atoms with Crippen LogP contribution in [0.4, 0.5) is 0 Å². The Balaban J connectivity index is 2.29. The Bertz CT molecular complexity index is 155. The van der Waals surface area contributed by atoms with Gasteiger partial charge in [0.1, 0.15) is 6.10 Å². The number of rotatable bonds is 2. The van der Waals surface area contributed by atoms with Crippen molar-refractivity contribution < 1.29 is 4.74 Å². The van der Waals surface area contributed by atoms with Crippen LogP contribution in [0.5, 0.6) is 0 Å². The van der Waals surface area contributed by atoms with Gasteiger partial charge in [-0.2, -0.15) is 0 Å². The summed E-state index contributed by atoms with van der Waals surface area (Å²) < 4.78 is 5.30. The van der Waals surface area contributed by atoms with Gasteiger partial charge in [0.05, 0.1) is 0 Å². The second-order valence-electron chi connectivity index (χ2n) is 3.54. The van der Waals surface area contributed by atoms with E-state index in [1.54, 1.807) is 0 Å². The van der Waals surface area contributed by atoms with Crippen LogP contribution in [0.2, 0.25) is 0 Å². The number of hydrogen-bond acceptors (Lipinski definition) is 2. The Kier molecular flexibility index (Phi) is 3.79. The first-order chi connectivity index (χ1) is 5.70. The summed E-state index contributed by atoms with van der Waals surface area (Å²) in [6, 6.07) is 0. The van der Waals surface area contributed by atoms with Crippen molar-refractivity contribution in [1.82, 2.24) is 0 Å². The quantitative estimate of drug-likeness (QED) is 0.673. The maximum absolute atomic E-state index is 5.31. The zero-order valence-electron chi connectivity index (χ0n) is 7.58. The van der Waals surface area contributed by atoms with Gasteiger partial charge in [-0.25, -0.2) is 0 Å². The van der Waals surface area contributed by atoms with Gasteiger partial charge in [0, 0.05) is 0 Å². The van der Waals surface area contributed by atoms with Gasteiger partial charge in [-0.1, -0.05) is 19.3 Å². The molecule has 0 aromatic carbocycles. The van der Waals surface area contributed by atoms with Gasteiger partial charge in [-0.15, -0.1) is 0 Å². The predicted molar refractivity (Wildman–Crippen MR) is 53.9 cm³/mol. The molecule has 1 atom stereocenters. The van der Waals surface area contributed by atoms with Crippen molar-refractivity contribution in [2.75, 3.05) is 0 Å². The Morgan fingerprint density at radius 3 is 2.50 bits per heavy atom. The first-order valence-corrected chi connectivity index (χ1v) is 5.07. The molecule has 1 unspecified atom stereocenters. The molecule has 0 aliphatic heterocycles. The molecular weight excluding hydrogens is 170 g/mol. The van der Waals surface area contributed by atoms with Crippen LogP contribution in [0.1, 0.15) is 39.0 Å². The lowest BCUT2D eigenvalue weighted by molar-refractivity contribution is 0.114. The molecule has 3 heteroatoms. The van der Waals surface area contributed by atoms with Crippen molar-refractivity contribution in [3.05, 3.63) is 0 Å². The lowest BCUT2D eigenvalue weighted by Crippen LogP contribution is -2.28. The lowest BCUT2D eigenvalue weighted by atomic mass is 9.86. The highest BCUT2D eigenvalue weighted by atomic mass is 32.1. The molecule has 1 aliphatic rings. The second-order valence-corrected chi connectivity index (χ2v) is 3.94. The smallest absolute Gasteiger partial charge is 0.254 e. The van der Waals surface area contributed by atoms with E-state index in [-0.39, 0.29) is 11.3 Å². The Morgan fingerprint density at radius 2 is 2.00 bits per heavy atom. The average molecular weight is 187 g/mol. The summed E-state index contributed by atoms with van der Waals surface area (Å²) in [6.07, 6.45) is 6.78. The van der Waals surface area contributed by atoms with Crippen LogP contribution in [-0.2, 0) is 4.74 Å². The minimum absolute atomic E-state index is 0.188. The molecule has 0 aromatic rings. The van der Waals surface area contributed by atoms with Crippen LogP contribution >= 0.6 is 12.2 Å². The molecule has 0 spiro atoms. The van der Waals surface area contributed by atoms with Gasteiger partial charge in [0.15, 0.2) is 0 Å². The number of hydrogen-bond donors (Lipinski definition) is 1. The molecule has 1 fully saturated rings. The highest BCUT2D eigenvalue weighted by molar-refractivity contribution is 7.80. The van der Waals surface area contributed by atoms with Crippen molar-refractivity contribution in [1.29, 1.82) is 0 Å². The van der Waals surface area contributed by atoms with Gasteiger partial charge < -0.3 is 10.5 Å². The van der Waals surface area contributed by atoms with E-state index in [2.05, 4.69) is 6.92 Å². The maximum atomic E-state index is 5.31. The second kappa shape index (κ2) is 4.65. The first-order valence-electron chi connectivity index (χ1n) is 4.66. The van der Waals surface area contributed by atoms with Crippen LogP contribution in [0, 0.1) is 5.92 Å². The Hall–Kier alpha value is -0.310. The van der Waals surface area contributed by atoms with E-state index in [0.29, 0.717) is 5.92 Å². The summed E-state index contributed by atoms with van der Waals surface area (Å²) in [6.45, 7) is 2.06. The molecule has 2 nitrogen and oxygen atoms in total. The maximum Gasteiger partial charge on any atom is 0.254 e. The third kappa shape index (κ3) is 2.97. The fourth-order valence-electron chi connectivity index (χ4n) is 1.88. The minimum atomic E-state index is 0.188. The third-order valence-corrected chi connectivity index (χ3v) is 2.71.